The van der Waals surface area contributed by atoms with Gasteiger partial charge in [-0.25, -0.2) is 9.97 Å². The number of aliphatic hydroxyl groups excluding tert-OH is 1. The van der Waals surface area contributed by atoms with E-state index in [0.717, 1.165) is 30.8 Å². The Morgan fingerprint density at radius 3 is 2.95 bits per heavy atom. The molecule has 0 amide bonds. The standard InChI is InChI=1S/C15H18N4O/c20-11-10-19-9-3-5-14(19)12-6-8-17-15(18-12)13-4-1-2-7-16-13/h1-2,4,6-8,14,20H,3,5,9-11H2/t14-/m0/s1. The van der Waals surface area contributed by atoms with Crippen molar-refractivity contribution in [2.45, 2.75) is 18.9 Å². The Balaban J connectivity index is 1.88. The molecule has 1 saturated heterocycles. The fourth-order valence-electron chi connectivity index (χ4n) is 2.73. The van der Waals surface area contributed by atoms with Crippen molar-refractivity contribution in [3.8, 4) is 11.5 Å². The van der Waals surface area contributed by atoms with Crippen LogP contribution in [0.2, 0.25) is 0 Å². The minimum absolute atomic E-state index is 0.189. The summed E-state index contributed by atoms with van der Waals surface area (Å²) in [6.45, 7) is 1.91. The molecule has 0 aromatic carbocycles. The highest BCUT2D eigenvalue weighted by atomic mass is 16.3. The Morgan fingerprint density at radius 2 is 2.15 bits per heavy atom. The summed E-state index contributed by atoms with van der Waals surface area (Å²) in [6.07, 6.45) is 5.77. The van der Waals surface area contributed by atoms with Crippen LogP contribution in [0.25, 0.3) is 11.5 Å². The van der Waals surface area contributed by atoms with Crippen molar-refractivity contribution in [2.75, 3.05) is 19.7 Å². The van der Waals surface area contributed by atoms with Crippen LogP contribution in [-0.4, -0.2) is 44.7 Å². The maximum atomic E-state index is 9.14. The molecule has 5 heteroatoms. The van der Waals surface area contributed by atoms with E-state index in [0.29, 0.717) is 12.4 Å². The molecule has 5 nitrogen and oxygen atoms in total. The van der Waals surface area contributed by atoms with Gasteiger partial charge in [0.15, 0.2) is 5.82 Å². The SMILES string of the molecule is OCCN1CCC[C@H]1c1ccnc(-c2ccccn2)n1. The smallest absolute Gasteiger partial charge is 0.178 e. The molecule has 0 radical (unpaired) electrons. The van der Waals surface area contributed by atoms with Crippen LogP contribution in [0.5, 0.6) is 0 Å². The summed E-state index contributed by atoms with van der Waals surface area (Å²) in [6, 6.07) is 7.98. The molecule has 3 rings (SSSR count). The predicted molar refractivity (Wildman–Crippen MR) is 75.9 cm³/mol. The Bertz CT molecular complexity index is 561. The first-order chi connectivity index (χ1) is 9.88. The lowest BCUT2D eigenvalue weighted by Crippen LogP contribution is -2.27. The van der Waals surface area contributed by atoms with Gasteiger partial charge in [-0.2, -0.15) is 0 Å². The summed E-state index contributed by atoms with van der Waals surface area (Å²) in [4.78, 5) is 15.5. The number of β-amino-alcohol motifs (C(OH)–C–C–N with tert-alkyl or cyclic N) is 1. The van der Waals surface area contributed by atoms with Gasteiger partial charge in [0.25, 0.3) is 0 Å². The lowest BCUT2D eigenvalue weighted by molar-refractivity contribution is 0.183. The molecule has 0 spiro atoms. The Hall–Kier alpha value is -1.85. The third-order valence-electron chi connectivity index (χ3n) is 3.66. The van der Waals surface area contributed by atoms with Crippen molar-refractivity contribution in [1.29, 1.82) is 0 Å². The second-order valence-electron chi connectivity index (χ2n) is 4.94. The molecular weight excluding hydrogens is 252 g/mol. The van der Waals surface area contributed by atoms with Crippen LogP contribution in [-0.2, 0) is 0 Å². The van der Waals surface area contributed by atoms with Gasteiger partial charge in [-0.15, -0.1) is 0 Å². The van der Waals surface area contributed by atoms with Gasteiger partial charge in [-0.3, -0.25) is 9.88 Å². The predicted octanol–water partition coefficient (Wildman–Crippen LogP) is 1.67. The summed E-state index contributed by atoms with van der Waals surface area (Å²) >= 11 is 0. The molecule has 0 aliphatic carbocycles. The minimum Gasteiger partial charge on any atom is -0.395 e. The second kappa shape index (κ2) is 6.07. The molecule has 0 saturated carbocycles. The summed E-state index contributed by atoms with van der Waals surface area (Å²) in [7, 11) is 0. The van der Waals surface area contributed by atoms with E-state index in [1.54, 1.807) is 12.4 Å². The number of aromatic nitrogens is 3. The van der Waals surface area contributed by atoms with Gasteiger partial charge >= 0.3 is 0 Å². The number of rotatable bonds is 4. The monoisotopic (exact) mass is 270 g/mol. The first-order valence-electron chi connectivity index (χ1n) is 6.98. The van der Waals surface area contributed by atoms with Crippen LogP contribution < -0.4 is 0 Å². The van der Waals surface area contributed by atoms with E-state index in [2.05, 4.69) is 19.9 Å². The van der Waals surface area contributed by atoms with Crippen molar-refractivity contribution in [3.63, 3.8) is 0 Å². The fraction of sp³-hybridized carbons (Fsp3) is 0.400. The molecule has 1 fully saturated rings. The van der Waals surface area contributed by atoms with E-state index >= 15 is 0 Å². The van der Waals surface area contributed by atoms with Crippen LogP contribution in [0.15, 0.2) is 36.7 Å². The van der Waals surface area contributed by atoms with E-state index in [9.17, 15) is 0 Å². The number of pyridine rings is 1. The summed E-state index contributed by atoms with van der Waals surface area (Å²) in [5.74, 6) is 0.666. The topological polar surface area (TPSA) is 62.1 Å². The van der Waals surface area contributed by atoms with Crippen LogP contribution in [0, 0.1) is 0 Å². The Labute approximate surface area is 118 Å². The second-order valence-corrected chi connectivity index (χ2v) is 4.94. The largest absolute Gasteiger partial charge is 0.395 e. The van der Waals surface area contributed by atoms with Gasteiger partial charge in [0.05, 0.1) is 18.3 Å². The molecule has 3 heterocycles. The van der Waals surface area contributed by atoms with Crippen molar-refractivity contribution in [3.05, 3.63) is 42.4 Å². The molecule has 2 aromatic rings. The van der Waals surface area contributed by atoms with Gasteiger partial charge in [-0.1, -0.05) is 6.07 Å². The third kappa shape index (κ3) is 2.69. The van der Waals surface area contributed by atoms with E-state index in [4.69, 9.17) is 5.11 Å². The molecule has 1 atom stereocenters. The van der Waals surface area contributed by atoms with Gasteiger partial charge in [0.1, 0.15) is 5.69 Å². The van der Waals surface area contributed by atoms with Gasteiger partial charge in [0.2, 0.25) is 0 Å². The maximum absolute atomic E-state index is 9.14. The average molecular weight is 270 g/mol. The normalized spacial score (nSPS) is 19.4. The first-order valence-corrected chi connectivity index (χ1v) is 6.98. The van der Waals surface area contributed by atoms with Gasteiger partial charge in [0, 0.05) is 18.9 Å². The molecule has 1 N–H and O–H groups in total. The highest BCUT2D eigenvalue weighted by Crippen LogP contribution is 2.30. The van der Waals surface area contributed by atoms with Crippen molar-refractivity contribution >= 4 is 0 Å². The van der Waals surface area contributed by atoms with Crippen molar-refractivity contribution < 1.29 is 5.11 Å². The number of likely N-dealkylation sites (tertiary alicyclic amines) is 1. The van der Waals surface area contributed by atoms with Crippen LogP contribution in [0.1, 0.15) is 24.6 Å². The molecule has 104 valence electrons. The number of hydrogen-bond acceptors (Lipinski definition) is 5. The van der Waals surface area contributed by atoms with E-state index in [-0.39, 0.29) is 12.6 Å². The van der Waals surface area contributed by atoms with E-state index in [1.165, 1.54) is 0 Å². The molecule has 1 aliphatic rings. The lowest BCUT2D eigenvalue weighted by atomic mass is 10.1. The highest BCUT2D eigenvalue weighted by molar-refractivity contribution is 5.48. The molecule has 0 unspecified atom stereocenters. The summed E-state index contributed by atoms with van der Waals surface area (Å²) in [5, 5.41) is 9.14. The highest BCUT2D eigenvalue weighted by Gasteiger charge is 2.26. The first kappa shape index (κ1) is 13.1. The van der Waals surface area contributed by atoms with Gasteiger partial charge in [-0.05, 0) is 37.6 Å². The number of aliphatic hydroxyl groups is 1. The number of hydrogen-bond donors (Lipinski definition) is 1. The Morgan fingerprint density at radius 1 is 1.20 bits per heavy atom. The Kier molecular flexibility index (Phi) is 3.99. The summed E-state index contributed by atoms with van der Waals surface area (Å²) in [5.41, 5.74) is 1.81. The van der Waals surface area contributed by atoms with Crippen molar-refractivity contribution in [2.24, 2.45) is 0 Å². The molecule has 1 aliphatic heterocycles. The fourth-order valence-corrected chi connectivity index (χ4v) is 2.73. The van der Waals surface area contributed by atoms with Crippen LogP contribution in [0.4, 0.5) is 0 Å². The average Bonchev–Trinajstić information content (AvgIpc) is 2.97. The van der Waals surface area contributed by atoms with E-state index in [1.807, 2.05) is 24.3 Å². The third-order valence-corrected chi connectivity index (χ3v) is 3.66. The van der Waals surface area contributed by atoms with E-state index < -0.39 is 0 Å². The van der Waals surface area contributed by atoms with Gasteiger partial charge < -0.3 is 5.11 Å². The zero-order valence-electron chi connectivity index (χ0n) is 11.3. The lowest BCUT2D eigenvalue weighted by Gasteiger charge is -2.23. The maximum Gasteiger partial charge on any atom is 0.178 e. The number of nitrogens with zero attached hydrogens (tertiary/aromatic N) is 4. The zero-order valence-corrected chi connectivity index (χ0v) is 11.3. The molecule has 20 heavy (non-hydrogen) atoms. The zero-order chi connectivity index (χ0) is 13.8. The van der Waals surface area contributed by atoms with Crippen LogP contribution >= 0.6 is 0 Å². The van der Waals surface area contributed by atoms with Crippen LogP contribution in [0.3, 0.4) is 0 Å². The molecular formula is C15H18N4O. The van der Waals surface area contributed by atoms with Crippen molar-refractivity contribution in [1.82, 2.24) is 19.9 Å². The minimum atomic E-state index is 0.189. The molecule has 0 bridgehead atoms. The quantitative estimate of drug-likeness (QED) is 0.915. The summed E-state index contributed by atoms with van der Waals surface area (Å²) < 4.78 is 0. The molecule has 2 aromatic heterocycles.